The van der Waals surface area contributed by atoms with Crippen molar-refractivity contribution >= 4 is 6.03 Å². The molecule has 3 heteroatoms. The van der Waals surface area contributed by atoms with Crippen LogP contribution in [0.4, 0.5) is 4.79 Å². The Balaban J connectivity index is 2.00. The van der Waals surface area contributed by atoms with E-state index in [2.05, 4.69) is 29.6 Å². The topological polar surface area (TPSA) is 32.3 Å². The molecule has 1 aromatic carbocycles. The fourth-order valence-corrected chi connectivity index (χ4v) is 2.12. The van der Waals surface area contributed by atoms with Crippen molar-refractivity contribution in [1.82, 2.24) is 10.2 Å². The van der Waals surface area contributed by atoms with Gasteiger partial charge in [-0.05, 0) is 30.4 Å². The largest absolute Gasteiger partial charge is 0.335 e. The number of aryl methyl sites for hydroxylation is 1. The van der Waals surface area contributed by atoms with Crippen LogP contribution < -0.4 is 5.32 Å². The van der Waals surface area contributed by atoms with Crippen molar-refractivity contribution < 1.29 is 4.79 Å². The first kappa shape index (κ1) is 11.0. The summed E-state index contributed by atoms with van der Waals surface area (Å²) in [5, 5.41) is 3.05. The number of hydrogen-bond donors (Lipinski definition) is 1. The van der Waals surface area contributed by atoms with Crippen LogP contribution in [-0.4, -0.2) is 31.1 Å². The lowest BCUT2D eigenvalue weighted by Gasteiger charge is -2.26. The molecule has 1 aliphatic carbocycles. The fourth-order valence-electron chi connectivity index (χ4n) is 2.12. The molecule has 2 amide bonds. The highest BCUT2D eigenvalue weighted by Gasteiger charge is 2.20. The summed E-state index contributed by atoms with van der Waals surface area (Å²) in [4.78, 5) is 13.1. The second-order valence-corrected chi connectivity index (χ2v) is 4.55. The molecule has 3 nitrogen and oxygen atoms in total. The van der Waals surface area contributed by atoms with Crippen LogP contribution in [0, 0.1) is 0 Å². The summed E-state index contributed by atoms with van der Waals surface area (Å²) < 4.78 is 0. The average molecular weight is 218 g/mol. The lowest BCUT2D eigenvalue weighted by Crippen LogP contribution is -2.43. The van der Waals surface area contributed by atoms with Crippen molar-refractivity contribution in [3.63, 3.8) is 0 Å². The Bertz CT molecular complexity index is 387. The molecule has 86 valence electrons. The monoisotopic (exact) mass is 218 g/mol. The summed E-state index contributed by atoms with van der Waals surface area (Å²) in [6.45, 7) is 0. The first-order valence-corrected chi connectivity index (χ1v) is 5.71. The van der Waals surface area contributed by atoms with Crippen molar-refractivity contribution in [2.24, 2.45) is 0 Å². The predicted molar refractivity (Wildman–Crippen MR) is 64.5 cm³/mol. The van der Waals surface area contributed by atoms with E-state index in [1.807, 2.05) is 0 Å². The molecule has 0 spiro atoms. The highest BCUT2D eigenvalue weighted by Crippen LogP contribution is 2.20. The summed E-state index contributed by atoms with van der Waals surface area (Å²) in [6.07, 6.45) is 3.06. The SMILES string of the molecule is CN(C)C(=O)NC1CCc2ccccc2C1. The zero-order valence-electron chi connectivity index (χ0n) is 9.86. The molecule has 0 aromatic heterocycles. The summed E-state index contributed by atoms with van der Waals surface area (Å²) in [6, 6.07) is 8.77. The van der Waals surface area contributed by atoms with Gasteiger partial charge < -0.3 is 10.2 Å². The Labute approximate surface area is 96.5 Å². The third-order valence-electron chi connectivity index (χ3n) is 3.08. The van der Waals surface area contributed by atoms with E-state index in [1.165, 1.54) is 11.1 Å². The van der Waals surface area contributed by atoms with Gasteiger partial charge in [-0.1, -0.05) is 24.3 Å². The molecule has 0 saturated heterocycles. The van der Waals surface area contributed by atoms with Crippen molar-refractivity contribution in [1.29, 1.82) is 0 Å². The molecule has 0 radical (unpaired) electrons. The lowest BCUT2D eigenvalue weighted by atomic mass is 9.88. The van der Waals surface area contributed by atoms with Crippen molar-refractivity contribution in [3.05, 3.63) is 35.4 Å². The fraction of sp³-hybridized carbons (Fsp3) is 0.462. The molecule has 1 unspecified atom stereocenters. The van der Waals surface area contributed by atoms with E-state index in [0.29, 0.717) is 0 Å². The van der Waals surface area contributed by atoms with Crippen molar-refractivity contribution in [2.75, 3.05) is 14.1 Å². The molecule has 0 aliphatic heterocycles. The minimum atomic E-state index is 0.00406. The van der Waals surface area contributed by atoms with Gasteiger partial charge in [0.15, 0.2) is 0 Å². The van der Waals surface area contributed by atoms with Gasteiger partial charge >= 0.3 is 6.03 Å². The van der Waals surface area contributed by atoms with Gasteiger partial charge in [0.05, 0.1) is 0 Å². The number of amides is 2. The predicted octanol–water partition coefficient (Wildman–Crippen LogP) is 1.82. The number of hydrogen-bond acceptors (Lipinski definition) is 1. The first-order chi connectivity index (χ1) is 7.66. The minimum Gasteiger partial charge on any atom is -0.335 e. The van der Waals surface area contributed by atoms with E-state index < -0.39 is 0 Å². The molecule has 1 N–H and O–H groups in total. The quantitative estimate of drug-likeness (QED) is 0.766. The van der Waals surface area contributed by atoms with E-state index in [1.54, 1.807) is 19.0 Å². The standard InChI is InChI=1S/C13H18N2O/c1-15(2)13(16)14-12-8-7-10-5-3-4-6-11(10)9-12/h3-6,12H,7-9H2,1-2H3,(H,14,16). The molecule has 16 heavy (non-hydrogen) atoms. The normalized spacial score (nSPS) is 18.8. The van der Waals surface area contributed by atoms with Gasteiger partial charge in [-0.3, -0.25) is 0 Å². The molecule has 0 fully saturated rings. The highest BCUT2D eigenvalue weighted by molar-refractivity contribution is 5.73. The second kappa shape index (κ2) is 4.56. The number of fused-ring (bicyclic) bond motifs is 1. The Kier molecular flexibility index (Phi) is 3.13. The maximum atomic E-state index is 11.5. The number of carbonyl (C=O) groups is 1. The third-order valence-corrected chi connectivity index (χ3v) is 3.08. The third kappa shape index (κ3) is 2.35. The van der Waals surface area contributed by atoms with E-state index in [-0.39, 0.29) is 12.1 Å². The Morgan fingerprint density at radius 2 is 2.00 bits per heavy atom. The summed E-state index contributed by atoms with van der Waals surface area (Å²) in [5.41, 5.74) is 2.80. The number of nitrogens with one attached hydrogen (secondary N) is 1. The zero-order valence-corrected chi connectivity index (χ0v) is 9.86. The van der Waals surface area contributed by atoms with Crippen LogP contribution in [0.2, 0.25) is 0 Å². The van der Waals surface area contributed by atoms with Crippen LogP contribution in [0.25, 0.3) is 0 Å². The molecular formula is C13H18N2O. The molecule has 0 bridgehead atoms. The maximum Gasteiger partial charge on any atom is 0.317 e. The molecule has 2 rings (SSSR count). The van der Waals surface area contributed by atoms with Crippen LogP contribution in [0.1, 0.15) is 17.5 Å². The van der Waals surface area contributed by atoms with Crippen LogP contribution in [0.15, 0.2) is 24.3 Å². The van der Waals surface area contributed by atoms with Crippen LogP contribution in [-0.2, 0) is 12.8 Å². The summed E-state index contributed by atoms with van der Waals surface area (Å²) in [7, 11) is 3.54. The van der Waals surface area contributed by atoms with Gasteiger partial charge in [-0.2, -0.15) is 0 Å². The average Bonchev–Trinajstić information content (AvgIpc) is 2.28. The minimum absolute atomic E-state index is 0.00406. The molecular weight excluding hydrogens is 200 g/mol. The van der Waals surface area contributed by atoms with Crippen LogP contribution in [0.5, 0.6) is 0 Å². The highest BCUT2D eigenvalue weighted by atomic mass is 16.2. The van der Waals surface area contributed by atoms with Gasteiger partial charge in [0, 0.05) is 20.1 Å². The smallest absolute Gasteiger partial charge is 0.317 e. The zero-order chi connectivity index (χ0) is 11.5. The Morgan fingerprint density at radius 3 is 2.69 bits per heavy atom. The van der Waals surface area contributed by atoms with Gasteiger partial charge in [-0.25, -0.2) is 4.79 Å². The lowest BCUT2D eigenvalue weighted by molar-refractivity contribution is 0.212. The maximum absolute atomic E-state index is 11.5. The number of nitrogens with zero attached hydrogens (tertiary/aromatic N) is 1. The molecule has 0 heterocycles. The molecule has 0 saturated carbocycles. The van der Waals surface area contributed by atoms with Gasteiger partial charge in [0.25, 0.3) is 0 Å². The Morgan fingerprint density at radius 1 is 1.31 bits per heavy atom. The van der Waals surface area contributed by atoms with Gasteiger partial charge in [0.1, 0.15) is 0 Å². The van der Waals surface area contributed by atoms with E-state index >= 15 is 0 Å². The van der Waals surface area contributed by atoms with Crippen molar-refractivity contribution in [3.8, 4) is 0 Å². The number of carbonyl (C=O) groups excluding carboxylic acids is 1. The molecule has 1 aliphatic rings. The van der Waals surface area contributed by atoms with Crippen LogP contribution >= 0.6 is 0 Å². The van der Waals surface area contributed by atoms with Gasteiger partial charge in [0.2, 0.25) is 0 Å². The molecule has 1 aromatic rings. The van der Waals surface area contributed by atoms with E-state index in [0.717, 1.165) is 19.3 Å². The van der Waals surface area contributed by atoms with E-state index in [9.17, 15) is 4.79 Å². The summed E-state index contributed by atoms with van der Waals surface area (Å²) in [5.74, 6) is 0. The van der Waals surface area contributed by atoms with Crippen LogP contribution in [0.3, 0.4) is 0 Å². The van der Waals surface area contributed by atoms with Crippen molar-refractivity contribution in [2.45, 2.75) is 25.3 Å². The van der Waals surface area contributed by atoms with E-state index in [4.69, 9.17) is 0 Å². The Hall–Kier alpha value is -1.51. The number of rotatable bonds is 1. The van der Waals surface area contributed by atoms with Gasteiger partial charge in [-0.15, -0.1) is 0 Å². The second-order valence-electron chi connectivity index (χ2n) is 4.55. The number of benzene rings is 1. The first-order valence-electron chi connectivity index (χ1n) is 5.71. The summed E-state index contributed by atoms with van der Waals surface area (Å²) >= 11 is 0. The number of urea groups is 1. The molecule has 1 atom stereocenters.